The highest BCUT2D eigenvalue weighted by molar-refractivity contribution is 14.1. The Hall–Kier alpha value is -10.8. The number of halogens is 5. The summed E-state index contributed by atoms with van der Waals surface area (Å²) in [5, 5.41) is 46.5. The molecule has 33 heteroatoms. The molecule has 3 saturated heterocycles. The molecule has 3 fully saturated rings. The highest BCUT2D eigenvalue weighted by Crippen LogP contribution is 2.34. The number of H-pyrrole nitrogens is 1. The van der Waals surface area contributed by atoms with E-state index in [1.807, 2.05) is 70.6 Å². The molecule has 4 atom stereocenters. The van der Waals surface area contributed by atoms with E-state index in [2.05, 4.69) is 104 Å². The zero-order valence-corrected chi connectivity index (χ0v) is 63.3. The Kier molecular flexibility index (Phi) is 26.4. The van der Waals surface area contributed by atoms with Gasteiger partial charge in [-0.05, 0) is 147 Å². The number of nitrogens with zero attached hydrogens (tertiary/aromatic N) is 16. The zero-order chi connectivity index (χ0) is 76.3. The summed E-state index contributed by atoms with van der Waals surface area (Å²) in [6, 6.07) is 27.8. The number of nitrogens with one attached hydrogen (secondary N) is 5. The number of phenols is 1. The molecule has 0 bridgehead atoms. The molecule has 4 unspecified atom stereocenters. The lowest BCUT2D eigenvalue weighted by molar-refractivity contribution is 0.0321. The lowest BCUT2D eigenvalue weighted by atomic mass is 10.1. The van der Waals surface area contributed by atoms with Gasteiger partial charge in [-0.3, -0.25) is 19.8 Å². The minimum Gasteiger partial charge on any atom is -0.508 e. The second-order valence-corrected chi connectivity index (χ2v) is 27.4. The van der Waals surface area contributed by atoms with Crippen LogP contribution in [0.15, 0.2) is 171 Å². The van der Waals surface area contributed by atoms with E-state index < -0.39 is 0 Å². The smallest absolute Gasteiger partial charge is 0.170 e. The summed E-state index contributed by atoms with van der Waals surface area (Å²) in [7, 11) is 0. The molecule has 16 rings (SSSR count). The van der Waals surface area contributed by atoms with E-state index in [0.717, 1.165) is 141 Å². The molecule has 12 heterocycles. The Labute approximate surface area is 645 Å². The monoisotopic (exact) mass is 1620 g/mol. The average Bonchev–Trinajstić information content (AvgIpc) is 1.56. The van der Waals surface area contributed by atoms with E-state index in [-0.39, 0.29) is 53.2 Å². The molecule has 0 saturated carbocycles. The number of ether oxygens (including phenoxy) is 6. The standard InChI is InChI=1S/C23H26FN7O2.C20H23FIN5O2.C20H24FN5O2.C14H13FN4O/c1-16(19-12-18(24)2-3-21(19)33-11-8-30-6-9-32-10-7-30)28-22-4-5-31-23(29-22)20(15-27-31)17-13-25-26-14-17;1-14(24-19-4-5-27-20(25-19)17(22)13-23-27)16-12-15(21)2-3-18(16)29-11-8-26-6-9-28-10-7-26;1-15(23-19-5-7-26-20(24-19)4-6-22-26)17-14-16(21)2-3-18(17)28-13-10-25-8-11-27-12-9-25;1-9(11-8-10(15)2-3-12(11)20)17-13-5-7-19-14(18-13)4-6-16-19/h2-5,12-16H,6-11H2,1H3,(H,25,26)(H,28,29);2-5,12-14H,6-11H2,1H3,(H,24,25);2-7,14-15H,8-13H2,1H3,(H,23,24);2-9,20H,1H3,(H,17,18). The fourth-order valence-electron chi connectivity index (χ4n) is 12.6. The number of rotatable bonds is 25. The first kappa shape index (κ1) is 77.3. The number of aromatic amines is 1. The fourth-order valence-corrected chi connectivity index (χ4v) is 13.1. The van der Waals surface area contributed by atoms with E-state index in [0.29, 0.717) is 77.2 Å². The van der Waals surface area contributed by atoms with Gasteiger partial charge in [-0.1, -0.05) is 0 Å². The molecule has 0 spiro atoms. The average molecular weight is 1620 g/mol. The van der Waals surface area contributed by atoms with Gasteiger partial charge in [0.2, 0.25) is 0 Å². The first-order valence-electron chi connectivity index (χ1n) is 36.3. The van der Waals surface area contributed by atoms with Gasteiger partial charge >= 0.3 is 0 Å². The van der Waals surface area contributed by atoms with Gasteiger partial charge in [0, 0.05) is 135 Å². The van der Waals surface area contributed by atoms with Crippen molar-refractivity contribution in [2.75, 3.05) is 140 Å². The Morgan fingerprint density at radius 2 is 0.818 bits per heavy atom. The van der Waals surface area contributed by atoms with Crippen molar-refractivity contribution in [2.24, 2.45) is 0 Å². The normalized spacial score (nSPS) is 15.3. The van der Waals surface area contributed by atoms with Crippen LogP contribution < -0.4 is 35.5 Å². The molecule has 13 aromatic rings. The van der Waals surface area contributed by atoms with Crippen molar-refractivity contribution < 1.29 is 51.1 Å². The van der Waals surface area contributed by atoms with Gasteiger partial charge in [0.25, 0.3) is 0 Å². The summed E-state index contributed by atoms with van der Waals surface area (Å²) in [6.07, 6.45) is 17.7. The van der Waals surface area contributed by atoms with E-state index in [1.165, 1.54) is 54.6 Å². The minimum atomic E-state index is -0.384. The second kappa shape index (κ2) is 37.5. The van der Waals surface area contributed by atoms with Crippen LogP contribution in [-0.2, 0) is 14.2 Å². The van der Waals surface area contributed by atoms with Crippen molar-refractivity contribution in [3.05, 3.63) is 220 Å². The van der Waals surface area contributed by atoms with E-state index >= 15 is 0 Å². The van der Waals surface area contributed by atoms with Gasteiger partial charge in [0.1, 0.15) is 89.4 Å². The molecular formula is C77H86F4IN21O7. The number of morpholine rings is 3. The molecular weight excluding hydrogens is 1530 g/mol. The van der Waals surface area contributed by atoms with Gasteiger partial charge < -0.3 is 54.8 Å². The third-order valence-electron chi connectivity index (χ3n) is 18.6. The number of phenolic OH excluding ortho intramolecular Hbond substituents is 1. The first-order valence-corrected chi connectivity index (χ1v) is 37.3. The van der Waals surface area contributed by atoms with Gasteiger partial charge in [0.05, 0.1) is 98.4 Å². The van der Waals surface area contributed by atoms with Crippen LogP contribution in [0.3, 0.4) is 0 Å². The summed E-state index contributed by atoms with van der Waals surface area (Å²) in [4.78, 5) is 25.1. The quantitative estimate of drug-likeness (QED) is 0.0229. The van der Waals surface area contributed by atoms with Crippen LogP contribution in [0.5, 0.6) is 23.0 Å². The number of fused-ring (bicyclic) bond motifs is 4. The van der Waals surface area contributed by atoms with Crippen LogP contribution in [0.4, 0.5) is 40.8 Å². The summed E-state index contributed by atoms with van der Waals surface area (Å²) in [5.74, 6) is 3.50. The van der Waals surface area contributed by atoms with Gasteiger partial charge in [-0.2, -0.15) is 25.5 Å². The Balaban J connectivity index is 0.000000131. The molecule has 0 amide bonds. The molecule has 3 aliphatic heterocycles. The largest absolute Gasteiger partial charge is 0.508 e. The molecule has 110 heavy (non-hydrogen) atoms. The molecule has 4 aromatic carbocycles. The second-order valence-electron chi connectivity index (χ2n) is 26.2. The summed E-state index contributed by atoms with van der Waals surface area (Å²) in [6.45, 7) is 21.8. The van der Waals surface area contributed by atoms with Crippen LogP contribution in [0.2, 0.25) is 0 Å². The first-order chi connectivity index (χ1) is 53.6. The van der Waals surface area contributed by atoms with Crippen molar-refractivity contribution in [1.82, 2.24) is 83.3 Å². The number of hydrogen-bond acceptors (Lipinski definition) is 23. The number of benzene rings is 4. The van der Waals surface area contributed by atoms with Crippen LogP contribution in [0.1, 0.15) is 74.1 Å². The maximum Gasteiger partial charge on any atom is 0.170 e. The fraction of sp³-hybridized carbons (Fsp3) is 0.338. The van der Waals surface area contributed by atoms with E-state index in [4.69, 9.17) is 33.4 Å². The van der Waals surface area contributed by atoms with Crippen LogP contribution >= 0.6 is 22.6 Å². The lowest BCUT2D eigenvalue weighted by Gasteiger charge is -2.26. The van der Waals surface area contributed by atoms with Crippen LogP contribution in [0, 0.1) is 26.8 Å². The molecule has 6 N–H and O–H groups in total. The molecule has 0 radical (unpaired) electrons. The summed E-state index contributed by atoms with van der Waals surface area (Å²) >= 11 is 2.20. The third-order valence-corrected chi connectivity index (χ3v) is 19.3. The predicted molar refractivity (Wildman–Crippen MR) is 416 cm³/mol. The Morgan fingerprint density at radius 1 is 0.445 bits per heavy atom. The highest BCUT2D eigenvalue weighted by atomic mass is 127. The Morgan fingerprint density at radius 3 is 1.25 bits per heavy atom. The predicted octanol–water partition coefficient (Wildman–Crippen LogP) is 12.0. The van der Waals surface area contributed by atoms with Gasteiger partial charge in [-0.15, -0.1) is 0 Å². The third kappa shape index (κ3) is 20.7. The van der Waals surface area contributed by atoms with Crippen molar-refractivity contribution in [3.63, 3.8) is 0 Å². The number of aromatic nitrogens is 14. The number of anilines is 4. The number of aromatic hydroxyl groups is 1. The minimum absolute atomic E-state index is 0.0526. The van der Waals surface area contributed by atoms with E-state index in [9.17, 15) is 22.7 Å². The lowest BCUT2D eigenvalue weighted by Crippen LogP contribution is -2.38. The topological polar surface area (TPSA) is 283 Å². The molecule has 3 aliphatic rings. The molecule has 9 aromatic heterocycles. The maximum atomic E-state index is 14.1. The highest BCUT2D eigenvalue weighted by Gasteiger charge is 2.22. The van der Waals surface area contributed by atoms with E-state index in [1.54, 1.807) is 91.8 Å². The van der Waals surface area contributed by atoms with Crippen LogP contribution in [0.25, 0.3) is 33.7 Å². The SMILES string of the molecule is CC(Nc1ccn2ncc(-c3cn[nH]c3)c2n1)c1cc(F)ccc1OCCN1CCOCC1.CC(Nc1ccn2ncc(I)c2n1)c1cc(F)ccc1OCCN1CCOCC1.CC(Nc1ccn2nccc2n1)c1cc(F)ccc1O.CC(Nc1ccn2nccc2n1)c1cc(F)ccc1OCCN1CCOCC1. The number of hydrogen-bond donors (Lipinski definition) is 6. The van der Waals surface area contributed by atoms with Gasteiger partial charge in [0.15, 0.2) is 22.6 Å². The van der Waals surface area contributed by atoms with Crippen molar-refractivity contribution in [3.8, 4) is 34.1 Å². The summed E-state index contributed by atoms with van der Waals surface area (Å²) in [5.41, 5.74) is 7.47. The molecule has 0 aliphatic carbocycles. The maximum absolute atomic E-state index is 14.1. The van der Waals surface area contributed by atoms with Crippen molar-refractivity contribution in [1.29, 1.82) is 0 Å². The van der Waals surface area contributed by atoms with Crippen molar-refractivity contribution in [2.45, 2.75) is 51.9 Å². The van der Waals surface area contributed by atoms with Crippen molar-refractivity contribution >= 4 is 68.5 Å². The molecule has 28 nitrogen and oxygen atoms in total. The van der Waals surface area contributed by atoms with Gasteiger partial charge in [-0.25, -0.2) is 55.6 Å². The van der Waals surface area contributed by atoms with Crippen LogP contribution in [-0.4, -0.2) is 207 Å². The Bertz CT molecular complexity index is 5110. The summed E-state index contributed by atoms with van der Waals surface area (Å²) < 4.78 is 97.1. The molecule has 576 valence electrons. The zero-order valence-electron chi connectivity index (χ0n) is 61.1.